The van der Waals surface area contributed by atoms with E-state index >= 15 is 0 Å². The van der Waals surface area contributed by atoms with Crippen molar-refractivity contribution >= 4 is 35.7 Å². The Morgan fingerprint density at radius 2 is 1.88 bits per heavy atom. The molecule has 3 rings (SSSR count). The number of amides is 3. The molecule has 1 aliphatic heterocycles. The van der Waals surface area contributed by atoms with Gasteiger partial charge in [0.25, 0.3) is 0 Å². The summed E-state index contributed by atoms with van der Waals surface area (Å²) in [6.45, 7) is 11.6. The average Bonchev–Trinajstić information content (AvgIpc) is 3.68. The van der Waals surface area contributed by atoms with Gasteiger partial charge in [0.1, 0.15) is 24.0 Å². The smallest absolute Gasteiger partial charge is 0.465 e. The summed E-state index contributed by atoms with van der Waals surface area (Å²) in [7, 11) is 0. The maximum atomic E-state index is 14.0. The third-order valence-corrected chi connectivity index (χ3v) is 8.01. The number of Topliss-reactive ketones (excluding diaryl/α,β-unsaturated/α-hetero) is 1. The van der Waals surface area contributed by atoms with Crippen LogP contribution >= 0.6 is 0 Å². The minimum absolute atomic E-state index is 0.0325. The monoisotopic (exact) mass is 703 g/mol. The molecule has 0 bridgehead atoms. The quantitative estimate of drug-likeness (QED) is 0.0950. The van der Waals surface area contributed by atoms with E-state index in [4.69, 9.17) is 28.5 Å². The lowest BCUT2D eigenvalue weighted by Gasteiger charge is -2.36. The van der Waals surface area contributed by atoms with Gasteiger partial charge in [-0.05, 0) is 72.8 Å². The molecule has 4 N–H and O–H groups in total. The van der Waals surface area contributed by atoms with Crippen LogP contribution < -0.4 is 21.8 Å². The van der Waals surface area contributed by atoms with Gasteiger partial charge in [-0.15, -0.1) is 0 Å². The van der Waals surface area contributed by atoms with E-state index in [0.29, 0.717) is 18.5 Å². The fraction of sp³-hybridized carbons (Fsp3) is 0.618. The molecule has 1 aromatic heterocycles. The lowest BCUT2D eigenvalue weighted by atomic mass is 9.73. The van der Waals surface area contributed by atoms with Gasteiger partial charge in [-0.3, -0.25) is 30.0 Å². The predicted octanol–water partition coefficient (Wildman–Crippen LogP) is 3.27. The lowest BCUT2D eigenvalue weighted by molar-refractivity contribution is -0.145. The van der Waals surface area contributed by atoms with Crippen LogP contribution in [-0.2, 0) is 35.2 Å². The van der Waals surface area contributed by atoms with Gasteiger partial charge < -0.3 is 33.7 Å². The highest BCUT2D eigenvalue weighted by molar-refractivity contribution is 6.06. The maximum Gasteiger partial charge on any atom is 0.519 e. The number of rotatable bonds is 14. The number of aryl methyl sites for hydroxylation is 1. The van der Waals surface area contributed by atoms with Crippen LogP contribution in [0.2, 0.25) is 0 Å². The molecule has 2 heterocycles. The van der Waals surface area contributed by atoms with E-state index in [1.165, 1.54) is 13.0 Å². The topological polar surface area (TPSA) is 220 Å². The van der Waals surface area contributed by atoms with Crippen molar-refractivity contribution in [2.24, 2.45) is 11.3 Å². The summed E-state index contributed by atoms with van der Waals surface area (Å²) in [6, 6.07) is -1.58. The first-order valence-electron chi connectivity index (χ1n) is 16.7. The molecule has 16 nitrogen and oxygen atoms in total. The molecule has 0 radical (unpaired) electrons. The number of nitrogens with zero attached hydrogens (tertiary/aromatic N) is 1. The number of esters is 1. The van der Waals surface area contributed by atoms with Crippen molar-refractivity contribution in [1.29, 1.82) is 5.41 Å². The molecule has 0 saturated carbocycles. The van der Waals surface area contributed by atoms with Crippen molar-refractivity contribution in [1.82, 2.24) is 20.9 Å². The molecular weight excluding hydrogens is 654 g/mol. The minimum atomic E-state index is -1.22. The molecule has 2 aliphatic rings. The summed E-state index contributed by atoms with van der Waals surface area (Å²) in [5, 5.41) is 16.8. The van der Waals surface area contributed by atoms with E-state index in [0.717, 1.165) is 11.3 Å². The van der Waals surface area contributed by atoms with E-state index < -0.39 is 59.5 Å². The molecule has 1 aromatic rings. The van der Waals surface area contributed by atoms with Gasteiger partial charge in [0, 0.05) is 12.1 Å². The van der Waals surface area contributed by atoms with Crippen LogP contribution in [0.25, 0.3) is 0 Å². The number of carbonyl (C=O) groups excluding carboxylic acids is 5. The zero-order chi connectivity index (χ0) is 37.2. The van der Waals surface area contributed by atoms with Gasteiger partial charge in [-0.1, -0.05) is 32.1 Å². The Bertz CT molecular complexity index is 1540. The number of hydrogen-bond donors (Lipinski definition) is 4. The molecule has 3 atom stereocenters. The molecule has 50 heavy (non-hydrogen) atoms. The molecule has 1 fully saturated rings. The number of allylic oxidation sites excluding steroid dienone is 1. The third-order valence-electron chi connectivity index (χ3n) is 8.01. The van der Waals surface area contributed by atoms with Crippen molar-refractivity contribution in [3.05, 3.63) is 45.9 Å². The van der Waals surface area contributed by atoms with E-state index in [9.17, 15) is 28.8 Å². The first kappa shape index (κ1) is 39.7. The van der Waals surface area contributed by atoms with E-state index in [1.807, 2.05) is 13.8 Å². The highest BCUT2D eigenvalue weighted by Gasteiger charge is 2.43. The molecule has 0 spiro atoms. The minimum Gasteiger partial charge on any atom is -0.465 e. The molecular formula is C34H49N5O11. The van der Waals surface area contributed by atoms with Crippen molar-refractivity contribution in [3.63, 3.8) is 0 Å². The summed E-state index contributed by atoms with van der Waals surface area (Å²) >= 11 is 0. The molecule has 276 valence electrons. The Labute approximate surface area is 290 Å². The molecule has 3 amide bonds. The molecule has 0 aromatic carbocycles. The highest BCUT2D eigenvalue weighted by Crippen LogP contribution is 2.34. The second-order valence-electron chi connectivity index (χ2n) is 13.7. The van der Waals surface area contributed by atoms with Crippen LogP contribution in [0, 0.1) is 23.7 Å². The fourth-order valence-electron chi connectivity index (χ4n) is 5.52. The summed E-state index contributed by atoms with van der Waals surface area (Å²) in [4.78, 5) is 78.4. The summed E-state index contributed by atoms with van der Waals surface area (Å²) < 4.78 is 25.2. The normalized spacial score (nSPS) is 19.3. The average molecular weight is 704 g/mol. The molecule has 1 unspecified atom stereocenters. The number of carbonyl (C=O) groups is 5. The number of ether oxygens (including phenoxy) is 3. The second kappa shape index (κ2) is 17.3. The lowest BCUT2D eigenvalue weighted by Crippen LogP contribution is -2.56. The SMILES string of the molecule is CCOC(=O)CN(C(=O)OC(C)(C)C)[C@H](CC(C)C)C(=O)NCC1(C(=O)[C@@H]2CCCN2)C=CC(C(=N)NC(=O)OCc2oc(=O)oc2C)=CC1. The standard InChI is InChI=1S/C34H49N5O11/c1-8-46-26(40)17-39(31(44)50-33(5,6)7)24(16-20(2)3)29(42)37-19-34(27(41)23-10-9-15-36-23)13-11-22(12-14-34)28(35)38-30(43)47-18-25-21(4)48-32(45)49-25/h11-13,20,23-24,36H,8-10,14-19H2,1-7H3,(H,37,42)(H2,35,38,43)/t23-,24+,34?/m0/s1. The van der Waals surface area contributed by atoms with Crippen LogP contribution in [0.5, 0.6) is 0 Å². The van der Waals surface area contributed by atoms with Gasteiger partial charge in [0.2, 0.25) is 5.91 Å². The Morgan fingerprint density at radius 1 is 1.16 bits per heavy atom. The third kappa shape index (κ3) is 11.1. The maximum absolute atomic E-state index is 14.0. The Balaban J connectivity index is 1.79. The van der Waals surface area contributed by atoms with Crippen molar-refractivity contribution in [2.75, 3.05) is 26.2 Å². The first-order chi connectivity index (χ1) is 23.4. The number of nitrogens with one attached hydrogen (secondary N) is 4. The highest BCUT2D eigenvalue weighted by atomic mass is 16.6. The number of amidine groups is 1. The summed E-state index contributed by atoms with van der Waals surface area (Å²) in [6.07, 6.45) is 4.60. The van der Waals surface area contributed by atoms with Gasteiger partial charge in [-0.25, -0.2) is 14.4 Å². The van der Waals surface area contributed by atoms with E-state index in [2.05, 4.69) is 16.0 Å². The van der Waals surface area contributed by atoms with Crippen LogP contribution in [0.4, 0.5) is 9.59 Å². The number of ketones is 1. The summed E-state index contributed by atoms with van der Waals surface area (Å²) in [5.41, 5.74) is -1.83. The van der Waals surface area contributed by atoms with Crippen molar-refractivity contribution in [2.45, 2.75) is 98.4 Å². The van der Waals surface area contributed by atoms with Gasteiger partial charge in [0.15, 0.2) is 23.9 Å². The van der Waals surface area contributed by atoms with Crippen LogP contribution in [0.1, 0.15) is 78.7 Å². The van der Waals surface area contributed by atoms with Crippen molar-refractivity contribution in [3.8, 4) is 0 Å². The van der Waals surface area contributed by atoms with Crippen LogP contribution in [-0.4, -0.2) is 84.5 Å². The number of alkyl carbamates (subject to hydrolysis) is 1. The molecule has 1 saturated heterocycles. The second-order valence-corrected chi connectivity index (χ2v) is 13.7. The largest absolute Gasteiger partial charge is 0.519 e. The fourth-order valence-corrected chi connectivity index (χ4v) is 5.52. The Morgan fingerprint density at radius 3 is 2.42 bits per heavy atom. The Hall–Kier alpha value is -4.73. The van der Waals surface area contributed by atoms with E-state index in [-0.39, 0.29) is 61.7 Å². The van der Waals surface area contributed by atoms with Crippen molar-refractivity contribution < 1.29 is 47.0 Å². The van der Waals surface area contributed by atoms with E-state index in [1.54, 1.807) is 39.8 Å². The Kier molecular flexibility index (Phi) is 13.7. The van der Waals surface area contributed by atoms with Gasteiger partial charge in [-0.2, -0.15) is 0 Å². The molecule has 16 heteroatoms. The zero-order valence-electron chi connectivity index (χ0n) is 29.8. The first-order valence-corrected chi connectivity index (χ1v) is 16.7. The zero-order valence-corrected chi connectivity index (χ0v) is 29.8. The summed E-state index contributed by atoms with van der Waals surface area (Å²) in [5.74, 6) is -2.54. The van der Waals surface area contributed by atoms with Gasteiger partial charge >= 0.3 is 24.0 Å². The van der Waals surface area contributed by atoms with Gasteiger partial charge in [0.05, 0.1) is 18.1 Å². The van der Waals surface area contributed by atoms with Crippen LogP contribution in [0.15, 0.2) is 37.4 Å². The van der Waals surface area contributed by atoms with Crippen LogP contribution in [0.3, 0.4) is 0 Å². The number of hydrogen-bond acceptors (Lipinski definition) is 13. The predicted molar refractivity (Wildman–Crippen MR) is 179 cm³/mol. The molecule has 1 aliphatic carbocycles.